The number of anilines is 3. The van der Waals surface area contributed by atoms with Crippen molar-refractivity contribution in [3.63, 3.8) is 0 Å². The Morgan fingerprint density at radius 1 is 1.11 bits per heavy atom. The maximum Gasteiger partial charge on any atom is 0.416 e. The minimum absolute atomic E-state index is 0.0269. The van der Waals surface area contributed by atoms with Gasteiger partial charge in [0.15, 0.2) is 11.5 Å². The van der Waals surface area contributed by atoms with Gasteiger partial charge in [0.25, 0.3) is 0 Å². The number of carbonyl (C=O) groups is 1. The Bertz CT molecular complexity index is 1480. The van der Waals surface area contributed by atoms with Gasteiger partial charge in [-0.1, -0.05) is 6.07 Å². The number of hydrogen-bond acceptors (Lipinski definition) is 4. The largest absolute Gasteiger partial charge is 0.416 e. The van der Waals surface area contributed by atoms with Crippen LogP contribution in [0.15, 0.2) is 60.8 Å². The topological polar surface area (TPSA) is 65.8 Å². The van der Waals surface area contributed by atoms with Crippen molar-refractivity contribution in [3.05, 3.63) is 83.6 Å². The van der Waals surface area contributed by atoms with Crippen LogP contribution in [0.2, 0.25) is 0 Å². The summed E-state index contributed by atoms with van der Waals surface area (Å²) in [6.45, 7) is 0.563. The van der Waals surface area contributed by atoms with Gasteiger partial charge in [0.2, 0.25) is 0 Å². The van der Waals surface area contributed by atoms with Crippen LogP contribution in [-0.2, 0) is 6.18 Å². The fourth-order valence-electron chi connectivity index (χ4n) is 4.32. The van der Waals surface area contributed by atoms with Crippen molar-refractivity contribution in [2.45, 2.75) is 25.1 Å². The predicted molar refractivity (Wildman–Crippen MR) is 136 cm³/mol. The van der Waals surface area contributed by atoms with Crippen LogP contribution in [0.5, 0.6) is 0 Å². The highest BCUT2D eigenvalue weighted by atomic mass is 127. The molecular weight excluding hydrogens is 610 g/mol. The van der Waals surface area contributed by atoms with Gasteiger partial charge in [-0.25, -0.2) is 21.7 Å². The summed E-state index contributed by atoms with van der Waals surface area (Å²) in [4.78, 5) is 18.9. The molecule has 4 aromatic rings. The Kier molecular flexibility index (Phi) is 6.64. The van der Waals surface area contributed by atoms with Crippen molar-refractivity contribution in [3.8, 4) is 0 Å². The molecule has 2 aromatic heterocycles. The average Bonchev–Trinajstić information content (AvgIpc) is 3.51. The van der Waals surface area contributed by atoms with Crippen molar-refractivity contribution < 1.29 is 26.7 Å². The summed E-state index contributed by atoms with van der Waals surface area (Å²) in [6.07, 6.45) is -1.80. The highest BCUT2D eigenvalue weighted by Gasteiger charge is 2.32. The van der Waals surface area contributed by atoms with Crippen LogP contribution < -0.4 is 13.3 Å². The number of aromatic nitrogens is 3. The monoisotopic (exact) mass is 628 g/mol. The molecule has 2 aromatic carbocycles. The first kappa shape index (κ1) is 25.2. The molecule has 0 radical (unpaired) electrons. The van der Waals surface area contributed by atoms with E-state index in [1.54, 1.807) is 35.0 Å². The second-order valence-corrected chi connectivity index (χ2v) is 9.35. The molecule has 192 valence electrons. The molecule has 7 nitrogen and oxygen atoms in total. The molecule has 1 fully saturated rings. The van der Waals surface area contributed by atoms with Gasteiger partial charge in [-0.2, -0.15) is 17.7 Å². The van der Waals surface area contributed by atoms with Gasteiger partial charge >= 0.3 is 12.2 Å². The summed E-state index contributed by atoms with van der Waals surface area (Å²) >= 11 is 1.70. The minimum atomic E-state index is -4.55. The number of alkyl halides is 3. The van der Waals surface area contributed by atoms with Gasteiger partial charge in [0, 0.05) is 17.8 Å². The zero-order valence-corrected chi connectivity index (χ0v) is 21.0. The lowest BCUT2D eigenvalue weighted by atomic mass is 10.0. The van der Waals surface area contributed by atoms with E-state index in [4.69, 9.17) is 0 Å². The molecule has 0 spiro atoms. The quantitative estimate of drug-likeness (QED) is 0.154. The van der Waals surface area contributed by atoms with E-state index in [0.717, 1.165) is 33.8 Å². The zero-order valence-electron chi connectivity index (χ0n) is 18.9. The maximum absolute atomic E-state index is 14.5. The van der Waals surface area contributed by atoms with Gasteiger partial charge in [0.1, 0.15) is 17.5 Å². The molecule has 0 saturated carbocycles. The fourth-order valence-corrected chi connectivity index (χ4v) is 4.77. The van der Waals surface area contributed by atoms with E-state index < -0.39 is 35.4 Å². The van der Waals surface area contributed by atoms with E-state index in [0.29, 0.717) is 24.4 Å². The lowest BCUT2D eigenvalue weighted by Crippen LogP contribution is -2.28. The second-order valence-electron chi connectivity index (χ2n) is 8.38. The molecule has 0 bridgehead atoms. The molecular formula is C24H18F5IN6O. The highest BCUT2D eigenvalue weighted by Crippen LogP contribution is 2.37. The third-order valence-electron chi connectivity index (χ3n) is 6.01. The van der Waals surface area contributed by atoms with Crippen molar-refractivity contribution in [2.75, 3.05) is 19.9 Å². The molecule has 0 aliphatic carbocycles. The molecule has 1 N–H and O–H groups in total. The van der Waals surface area contributed by atoms with Crippen molar-refractivity contribution in [1.82, 2.24) is 14.6 Å². The highest BCUT2D eigenvalue weighted by molar-refractivity contribution is 14.1. The number of urea groups is 1. The first-order valence-electron chi connectivity index (χ1n) is 11.1. The van der Waals surface area contributed by atoms with Crippen molar-refractivity contribution in [1.29, 1.82) is 0 Å². The minimum Gasteiger partial charge on any atom is -0.348 e. The van der Waals surface area contributed by atoms with Crippen molar-refractivity contribution in [2.24, 2.45) is 0 Å². The van der Waals surface area contributed by atoms with Crippen LogP contribution in [0.1, 0.15) is 30.0 Å². The lowest BCUT2D eigenvalue weighted by molar-refractivity contribution is -0.137. The molecule has 1 aliphatic heterocycles. The van der Waals surface area contributed by atoms with E-state index in [-0.39, 0.29) is 17.1 Å². The molecule has 37 heavy (non-hydrogen) atoms. The third kappa shape index (κ3) is 5.04. The van der Waals surface area contributed by atoms with Crippen LogP contribution in [0, 0.1) is 11.6 Å². The maximum atomic E-state index is 14.5. The number of hydrogen-bond donors (Lipinski definition) is 1. The summed E-state index contributed by atoms with van der Waals surface area (Å²) in [5.74, 6) is -0.320. The number of amides is 2. The summed E-state index contributed by atoms with van der Waals surface area (Å²) < 4.78 is 69.9. The molecule has 1 unspecified atom stereocenters. The van der Waals surface area contributed by atoms with Crippen LogP contribution in [0.25, 0.3) is 5.65 Å². The number of halogens is 6. The van der Waals surface area contributed by atoms with Gasteiger partial charge in [-0.15, -0.1) is 5.10 Å². The van der Waals surface area contributed by atoms with E-state index in [1.807, 2.05) is 4.90 Å². The Hall–Kier alpha value is -3.49. The van der Waals surface area contributed by atoms with Gasteiger partial charge in [-0.3, -0.25) is 0 Å². The van der Waals surface area contributed by atoms with E-state index in [9.17, 15) is 26.7 Å². The zero-order chi connectivity index (χ0) is 26.3. The summed E-state index contributed by atoms with van der Waals surface area (Å²) in [6, 6.07) is 9.91. The Morgan fingerprint density at radius 2 is 1.92 bits per heavy atom. The van der Waals surface area contributed by atoms with Gasteiger partial charge in [-0.05, 0) is 61.4 Å². The number of rotatable bonds is 4. The first-order valence-corrected chi connectivity index (χ1v) is 12.1. The number of carbonyl (C=O) groups excluding carboxylic acids is 1. The Balaban J connectivity index is 1.42. The van der Waals surface area contributed by atoms with Crippen LogP contribution in [0.4, 0.5) is 44.1 Å². The van der Waals surface area contributed by atoms with Crippen LogP contribution in [-0.4, -0.2) is 27.2 Å². The first-order chi connectivity index (χ1) is 17.6. The lowest BCUT2D eigenvalue weighted by Gasteiger charge is -2.26. The number of benzene rings is 2. The standard InChI is InChI=1S/C24H18F5IN6O/c25-15-6-7-18(26)17(12-15)19-5-2-10-34(19)21-9-8-20-31-13-22(36(20)33-21)35(30)23(37)32-16-4-1-3-14(11-16)24(27,28)29/h1,3-4,6-9,11-13,19H,2,5,10H2,(H,32,37). The van der Waals surface area contributed by atoms with Gasteiger partial charge < -0.3 is 10.2 Å². The van der Waals surface area contributed by atoms with Crippen molar-refractivity contribution >= 4 is 51.9 Å². The van der Waals surface area contributed by atoms with E-state index in [1.165, 1.54) is 28.9 Å². The predicted octanol–water partition coefficient (Wildman–Crippen LogP) is 6.76. The molecule has 3 heterocycles. The number of nitrogens with zero attached hydrogens (tertiary/aromatic N) is 5. The Labute approximate surface area is 221 Å². The molecule has 1 atom stereocenters. The number of imidazole rings is 1. The third-order valence-corrected chi connectivity index (χ3v) is 6.95. The summed E-state index contributed by atoms with van der Waals surface area (Å²) in [5, 5.41) is 7.03. The van der Waals surface area contributed by atoms with Crippen LogP contribution in [0.3, 0.4) is 0 Å². The molecule has 13 heteroatoms. The van der Waals surface area contributed by atoms with E-state index >= 15 is 0 Å². The Morgan fingerprint density at radius 3 is 2.70 bits per heavy atom. The van der Waals surface area contributed by atoms with E-state index in [2.05, 4.69) is 15.4 Å². The summed E-state index contributed by atoms with van der Waals surface area (Å²) in [7, 11) is 0. The van der Waals surface area contributed by atoms with Crippen LogP contribution >= 0.6 is 22.9 Å². The molecule has 2 amide bonds. The smallest absolute Gasteiger partial charge is 0.348 e. The normalized spacial score (nSPS) is 15.8. The molecule has 1 aliphatic rings. The average molecular weight is 628 g/mol. The summed E-state index contributed by atoms with van der Waals surface area (Å²) in [5.41, 5.74) is -0.261. The second kappa shape index (κ2) is 9.76. The molecule has 1 saturated heterocycles. The SMILES string of the molecule is O=C(Nc1cccc(C(F)(F)F)c1)N(I)c1cnc2ccc(N3CCCC3c3cc(F)ccc3F)nn12. The number of nitrogens with one attached hydrogen (secondary N) is 1. The number of fused-ring (bicyclic) bond motifs is 1. The fraction of sp³-hybridized carbons (Fsp3) is 0.208. The molecule has 5 rings (SSSR count). The van der Waals surface area contributed by atoms with Gasteiger partial charge in [0.05, 0.1) is 40.7 Å².